The van der Waals surface area contributed by atoms with Crippen LogP contribution >= 0.6 is 0 Å². The maximum Gasteiger partial charge on any atom is 0.186 e. The molecular formula is C32H64O8. The van der Waals surface area contributed by atoms with E-state index in [-0.39, 0.29) is 12.7 Å². The highest BCUT2D eigenvalue weighted by Crippen LogP contribution is 2.22. The van der Waals surface area contributed by atoms with Crippen molar-refractivity contribution in [2.24, 2.45) is 0 Å². The van der Waals surface area contributed by atoms with E-state index >= 15 is 0 Å². The topological polar surface area (TPSA) is 140 Å². The Morgan fingerprint density at radius 2 is 0.950 bits per heavy atom. The molecule has 1 aliphatic heterocycles. The van der Waals surface area contributed by atoms with Gasteiger partial charge in [0.05, 0.1) is 25.4 Å². The van der Waals surface area contributed by atoms with Crippen LogP contribution in [0.15, 0.2) is 0 Å². The maximum atomic E-state index is 10.2. The summed E-state index contributed by atoms with van der Waals surface area (Å²) in [5.41, 5.74) is 0. The molecule has 0 aromatic rings. The van der Waals surface area contributed by atoms with Gasteiger partial charge in [0.25, 0.3) is 0 Å². The lowest BCUT2D eigenvalue weighted by atomic mass is 9.99. The van der Waals surface area contributed by atoms with Crippen molar-refractivity contribution < 1.29 is 40.1 Å². The van der Waals surface area contributed by atoms with Gasteiger partial charge in [-0.1, -0.05) is 122 Å². The second-order valence-corrected chi connectivity index (χ2v) is 12.2. The second-order valence-electron chi connectivity index (χ2n) is 12.2. The number of hydrogen-bond acceptors (Lipinski definition) is 8. The van der Waals surface area contributed by atoms with Crippen LogP contribution in [-0.2, 0) is 9.47 Å². The Morgan fingerprint density at radius 1 is 0.550 bits per heavy atom. The van der Waals surface area contributed by atoms with Crippen molar-refractivity contribution in [3.8, 4) is 0 Å². The van der Waals surface area contributed by atoms with E-state index in [2.05, 4.69) is 0 Å². The van der Waals surface area contributed by atoms with E-state index in [1.807, 2.05) is 6.92 Å². The van der Waals surface area contributed by atoms with E-state index in [0.29, 0.717) is 12.8 Å². The smallest absolute Gasteiger partial charge is 0.186 e. The molecule has 0 aromatic heterocycles. The first-order valence-electron chi connectivity index (χ1n) is 16.6. The predicted octanol–water partition coefficient (Wildman–Crippen LogP) is 5.13. The van der Waals surface area contributed by atoms with Gasteiger partial charge in [-0.2, -0.15) is 0 Å². The Labute approximate surface area is 244 Å². The van der Waals surface area contributed by atoms with Crippen molar-refractivity contribution >= 4 is 0 Å². The summed E-state index contributed by atoms with van der Waals surface area (Å²) in [5.74, 6) is 0. The average Bonchev–Trinajstić information content (AvgIpc) is 2.93. The summed E-state index contributed by atoms with van der Waals surface area (Å²) in [6.45, 7) is 1.56. The van der Waals surface area contributed by atoms with Crippen LogP contribution in [0.2, 0.25) is 0 Å². The molecule has 1 fully saturated rings. The molecule has 1 heterocycles. The minimum atomic E-state index is -1.44. The lowest BCUT2D eigenvalue weighted by molar-refractivity contribution is -0.301. The highest BCUT2D eigenvalue weighted by Gasteiger charge is 2.43. The summed E-state index contributed by atoms with van der Waals surface area (Å²) in [6.07, 6.45) is 19.8. The molecule has 0 bridgehead atoms. The number of ether oxygens (including phenoxy) is 2. The first kappa shape index (κ1) is 37.7. The van der Waals surface area contributed by atoms with Gasteiger partial charge in [0.2, 0.25) is 0 Å². The van der Waals surface area contributed by atoms with Crippen LogP contribution < -0.4 is 0 Å². The van der Waals surface area contributed by atoms with Crippen LogP contribution in [0.5, 0.6) is 0 Å². The van der Waals surface area contributed by atoms with Gasteiger partial charge in [-0.25, -0.2) is 0 Å². The molecule has 0 aromatic carbocycles. The number of hydrogen-bond donors (Lipinski definition) is 6. The molecule has 7 atom stereocenters. The summed E-state index contributed by atoms with van der Waals surface area (Å²) in [6, 6.07) is 0. The zero-order valence-electron chi connectivity index (χ0n) is 25.5. The van der Waals surface area contributed by atoms with Crippen LogP contribution in [0.25, 0.3) is 0 Å². The third-order valence-electron chi connectivity index (χ3n) is 8.24. The third-order valence-corrected chi connectivity index (χ3v) is 8.24. The molecule has 0 aliphatic carbocycles. The van der Waals surface area contributed by atoms with E-state index < -0.39 is 43.4 Å². The maximum absolute atomic E-state index is 10.2. The van der Waals surface area contributed by atoms with E-state index in [1.54, 1.807) is 0 Å². The average molecular weight is 577 g/mol. The Bertz CT molecular complexity index is 547. The standard InChI is InChI=1S/C32H64O8/c1-26(34)21-19-17-15-13-11-9-7-5-3-2-4-6-8-10-12-14-16-18-20-22-27(35)23-24-39-32-31(38)30(37)29(36)28(25-33)40-32/h26-38H,2-25H2,1H3/t26-,27-,28-,29-,30+,31-,32-/m1/s1. The molecule has 8 heteroatoms. The van der Waals surface area contributed by atoms with E-state index in [0.717, 1.165) is 19.3 Å². The fourth-order valence-corrected chi connectivity index (χ4v) is 5.49. The molecule has 1 rings (SSSR count). The van der Waals surface area contributed by atoms with Crippen molar-refractivity contribution in [3.05, 3.63) is 0 Å². The summed E-state index contributed by atoms with van der Waals surface area (Å²) >= 11 is 0. The zero-order valence-corrected chi connectivity index (χ0v) is 25.5. The van der Waals surface area contributed by atoms with Crippen LogP contribution in [0, 0.1) is 0 Å². The third kappa shape index (κ3) is 19.0. The quantitative estimate of drug-likeness (QED) is 0.0740. The molecule has 240 valence electrons. The van der Waals surface area contributed by atoms with Gasteiger partial charge in [-0.15, -0.1) is 0 Å². The van der Waals surface area contributed by atoms with Gasteiger partial charge in [0.15, 0.2) is 6.29 Å². The SMILES string of the molecule is C[C@@H](O)CCCCCCCCCCCCCCCCCCCCC[C@@H](O)CCO[C@@H]1O[C@H](CO)[C@@H](O)[C@H](O)[C@H]1O. The summed E-state index contributed by atoms with van der Waals surface area (Å²) in [4.78, 5) is 0. The number of aliphatic hydroxyl groups excluding tert-OH is 6. The van der Waals surface area contributed by atoms with Crippen molar-refractivity contribution in [2.45, 2.75) is 191 Å². The molecule has 0 amide bonds. The lowest BCUT2D eigenvalue weighted by Crippen LogP contribution is -2.59. The van der Waals surface area contributed by atoms with Gasteiger partial charge in [-0.05, 0) is 26.2 Å². The predicted molar refractivity (Wildman–Crippen MR) is 159 cm³/mol. The Morgan fingerprint density at radius 3 is 1.35 bits per heavy atom. The molecule has 1 saturated heterocycles. The van der Waals surface area contributed by atoms with Crippen LogP contribution in [-0.4, -0.2) is 86.8 Å². The van der Waals surface area contributed by atoms with Crippen LogP contribution in [0.3, 0.4) is 0 Å². The van der Waals surface area contributed by atoms with Gasteiger partial charge < -0.3 is 40.1 Å². The van der Waals surface area contributed by atoms with Crippen LogP contribution in [0.1, 0.15) is 148 Å². The normalized spacial score (nSPS) is 24.8. The molecule has 6 N–H and O–H groups in total. The van der Waals surface area contributed by atoms with Crippen molar-refractivity contribution in [3.63, 3.8) is 0 Å². The molecule has 0 unspecified atom stereocenters. The largest absolute Gasteiger partial charge is 0.394 e. The summed E-state index contributed by atoms with van der Waals surface area (Å²) in [7, 11) is 0. The molecule has 40 heavy (non-hydrogen) atoms. The molecule has 0 spiro atoms. The summed E-state index contributed by atoms with van der Waals surface area (Å²) in [5, 5.41) is 58.2. The Kier molecular flexibility index (Phi) is 23.8. The van der Waals surface area contributed by atoms with Gasteiger partial charge in [0, 0.05) is 0 Å². The fourth-order valence-electron chi connectivity index (χ4n) is 5.49. The number of unbranched alkanes of at least 4 members (excludes halogenated alkanes) is 18. The second kappa shape index (κ2) is 25.2. The highest BCUT2D eigenvalue weighted by molar-refractivity contribution is 4.88. The van der Waals surface area contributed by atoms with Gasteiger partial charge in [0.1, 0.15) is 24.4 Å². The lowest BCUT2D eigenvalue weighted by Gasteiger charge is -2.39. The van der Waals surface area contributed by atoms with E-state index in [9.17, 15) is 30.6 Å². The monoisotopic (exact) mass is 576 g/mol. The summed E-state index contributed by atoms with van der Waals surface area (Å²) < 4.78 is 10.8. The number of rotatable bonds is 27. The van der Waals surface area contributed by atoms with Crippen LogP contribution in [0.4, 0.5) is 0 Å². The first-order valence-corrected chi connectivity index (χ1v) is 16.6. The minimum absolute atomic E-state index is 0.135. The van der Waals surface area contributed by atoms with Crippen molar-refractivity contribution in [2.75, 3.05) is 13.2 Å². The van der Waals surface area contributed by atoms with Crippen molar-refractivity contribution in [1.29, 1.82) is 0 Å². The van der Waals surface area contributed by atoms with Gasteiger partial charge >= 0.3 is 0 Å². The minimum Gasteiger partial charge on any atom is -0.394 e. The molecular weight excluding hydrogens is 512 g/mol. The van der Waals surface area contributed by atoms with E-state index in [1.165, 1.54) is 109 Å². The molecule has 8 nitrogen and oxygen atoms in total. The van der Waals surface area contributed by atoms with Crippen molar-refractivity contribution in [1.82, 2.24) is 0 Å². The fraction of sp³-hybridized carbons (Fsp3) is 1.00. The molecule has 0 saturated carbocycles. The zero-order chi connectivity index (χ0) is 29.4. The number of aliphatic hydroxyl groups is 6. The molecule has 1 aliphatic rings. The van der Waals surface area contributed by atoms with E-state index in [4.69, 9.17) is 9.47 Å². The highest BCUT2D eigenvalue weighted by atomic mass is 16.7. The molecule has 0 radical (unpaired) electrons. The van der Waals surface area contributed by atoms with Gasteiger partial charge in [-0.3, -0.25) is 0 Å². The first-order chi connectivity index (χ1) is 19.4. The Balaban J connectivity index is 1.80. The Hall–Kier alpha value is -0.320.